The predicted molar refractivity (Wildman–Crippen MR) is 122 cm³/mol. The molecule has 5 rings (SSSR count). The van der Waals surface area contributed by atoms with Gasteiger partial charge in [0.05, 0.1) is 18.6 Å². The zero-order chi connectivity index (χ0) is 21.9. The molecule has 3 heterocycles. The summed E-state index contributed by atoms with van der Waals surface area (Å²) >= 11 is 1.62. The van der Waals surface area contributed by atoms with Crippen molar-refractivity contribution in [3.8, 4) is 11.5 Å². The molecule has 5 nitrogen and oxygen atoms in total. The highest BCUT2D eigenvalue weighted by atomic mass is 32.1. The van der Waals surface area contributed by atoms with E-state index in [1.165, 1.54) is 12.1 Å². The third-order valence-corrected chi connectivity index (χ3v) is 6.95. The first-order valence-electron chi connectivity index (χ1n) is 10.9. The minimum atomic E-state index is -0.269. The summed E-state index contributed by atoms with van der Waals surface area (Å²) in [6.45, 7) is 2.05. The van der Waals surface area contributed by atoms with Gasteiger partial charge >= 0.3 is 0 Å². The van der Waals surface area contributed by atoms with E-state index in [4.69, 9.17) is 9.47 Å². The minimum Gasteiger partial charge on any atom is -0.486 e. The molecule has 1 N–H and O–H groups in total. The van der Waals surface area contributed by atoms with E-state index < -0.39 is 0 Å². The van der Waals surface area contributed by atoms with E-state index in [0.717, 1.165) is 46.9 Å². The van der Waals surface area contributed by atoms with Crippen LogP contribution < -0.4 is 14.8 Å². The second-order valence-electron chi connectivity index (χ2n) is 8.03. The number of carbonyl (C=O) groups excluding carboxylic acids is 1. The Hall–Kier alpha value is -2.90. The van der Waals surface area contributed by atoms with Gasteiger partial charge in [0, 0.05) is 11.4 Å². The molecular weight excluding hydrogens is 427 g/mol. The van der Waals surface area contributed by atoms with E-state index in [-0.39, 0.29) is 30.4 Å². The average molecular weight is 453 g/mol. The topological polar surface area (TPSA) is 50.8 Å². The number of nitrogens with zero attached hydrogens (tertiary/aromatic N) is 1. The lowest BCUT2D eigenvalue weighted by atomic mass is 10.0. The molecule has 32 heavy (non-hydrogen) atoms. The van der Waals surface area contributed by atoms with Crippen molar-refractivity contribution in [3.63, 3.8) is 0 Å². The van der Waals surface area contributed by atoms with Gasteiger partial charge in [0.15, 0.2) is 11.5 Å². The SMILES string of the molecule is O=C(CN[C@H](c1ccc(F)cc1)c1cccs1)N1CCC[C@H]1c1ccc2c(c1)OCCO2. The van der Waals surface area contributed by atoms with Crippen molar-refractivity contribution in [2.75, 3.05) is 26.3 Å². The van der Waals surface area contributed by atoms with Crippen LogP contribution in [0.4, 0.5) is 4.39 Å². The summed E-state index contributed by atoms with van der Waals surface area (Å²) in [4.78, 5) is 16.3. The Labute approximate surface area is 190 Å². The molecule has 2 atom stereocenters. The van der Waals surface area contributed by atoms with E-state index in [2.05, 4.69) is 5.32 Å². The highest BCUT2D eigenvalue weighted by Crippen LogP contribution is 2.38. The third-order valence-electron chi connectivity index (χ3n) is 6.01. The van der Waals surface area contributed by atoms with Crippen molar-refractivity contribution in [2.45, 2.75) is 24.9 Å². The lowest BCUT2D eigenvalue weighted by molar-refractivity contribution is -0.131. The van der Waals surface area contributed by atoms with Gasteiger partial charge in [-0.25, -0.2) is 4.39 Å². The van der Waals surface area contributed by atoms with Gasteiger partial charge in [0.1, 0.15) is 19.0 Å². The molecule has 1 aromatic heterocycles. The van der Waals surface area contributed by atoms with Crippen molar-refractivity contribution in [1.29, 1.82) is 0 Å². The molecule has 2 aromatic carbocycles. The average Bonchev–Trinajstić information content (AvgIpc) is 3.52. The van der Waals surface area contributed by atoms with Gasteiger partial charge < -0.3 is 14.4 Å². The van der Waals surface area contributed by atoms with Crippen LogP contribution in [0.5, 0.6) is 11.5 Å². The van der Waals surface area contributed by atoms with E-state index in [9.17, 15) is 9.18 Å². The van der Waals surface area contributed by atoms with Crippen LogP contribution in [0.1, 0.15) is 40.9 Å². The summed E-state index contributed by atoms with van der Waals surface area (Å²) < 4.78 is 24.8. The number of likely N-dealkylation sites (tertiary alicyclic amines) is 1. The molecule has 1 saturated heterocycles. The molecule has 0 bridgehead atoms. The Balaban J connectivity index is 1.30. The number of carbonyl (C=O) groups is 1. The summed E-state index contributed by atoms with van der Waals surface area (Å²) in [5.41, 5.74) is 2.01. The van der Waals surface area contributed by atoms with Gasteiger partial charge in [-0.2, -0.15) is 0 Å². The summed E-state index contributed by atoms with van der Waals surface area (Å²) in [6, 6.07) is 16.3. The number of amides is 1. The first-order valence-corrected chi connectivity index (χ1v) is 11.8. The zero-order valence-electron chi connectivity index (χ0n) is 17.6. The summed E-state index contributed by atoms with van der Waals surface area (Å²) in [6.07, 6.45) is 1.90. The summed E-state index contributed by atoms with van der Waals surface area (Å²) in [5.74, 6) is 1.30. The second-order valence-corrected chi connectivity index (χ2v) is 9.01. The molecule has 0 aliphatic carbocycles. The Morgan fingerprint density at radius 2 is 1.94 bits per heavy atom. The maximum Gasteiger partial charge on any atom is 0.237 e. The smallest absolute Gasteiger partial charge is 0.237 e. The predicted octanol–water partition coefficient (Wildman–Crippen LogP) is 4.70. The number of halogens is 1. The molecule has 2 aliphatic heterocycles. The Bertz CT molecular complexity index is 1070. The van der Waals surface area contributed by atoms with E-state index in [1.807, 2.05) is 40.6 Å². The molecule has 3 aromatic rings. The van der Waals surface area contributed by atoms with Crippen molar-refractivity contribution in [3.05, 3.63) is 81.8 Å². The molecule has 0 unspecified atom stereocenters. The van der Waals surface area contributed by atoms with Gasteiger partial charge in [-0.05, 0) is 59.7 Å². The molecular formula is C25H25FN2O3S. The van der Waals surface area contributed by atoms with Crippen LogP contribution >= 0.6 is 11.3 Å². The maximum absolute atomic E-state index is 13.4. The normalized spacial score (nSPS) is 18.5. The largest absolute Gasteiger partial charge is 0.486 e. The quantitative estimate of drug-likeness (QED) is 0.589. The Morgan fingerprint density at radius 3 is 2.72 bits per heavy atom. The van der Waals surface area contributed by atoms with E-state index in [0.29, 0.717) is 13.2 Å². The van der Waals surface area contributed by atoms with Crippen molar-refractivity contribution in [1.82, 2.24) is 10.2 Å². The highest BCUT2D eigenvalue weighted by Gasteiger charge is 2.31. The molecule has 0 saturated carbocycles. The monoisotopic (exact) mass is 452 g/mol. The van der Waals surface area contributed by atoms with Crippen LogP contribution in [0.15, 0.2) is 60.0 Å². The number of hydrogen-bond acceptors (Lipinski definition) is 5. The lowest BCUT2D eigenvalue weighted by Crippen LogP contribution is -2.39. The first-order chi connectivity index (χ1) is 15.7. The van der Waals surface area contributed by atoms with Gasteiger partial charge in [-0.1, -0.05) is 24.3 Å². The van der Waals surface area contributed by atoms with Crippen LogP contribution in [0.25, 0.3) is 0 Å². The maximum atomic E-state index is 13.4. The fourth-order valence-electron chi connectivity index (χ4n) is 4.46. The number of fused-ring (bicyclic) bond motifs is 1. The van der Waals surface area contributed by atoms with Crippen LogP contribution in [0, 0.1) is 5.82 Å². The van der Waals surface area contributed by atoms with Crippen molar-refractivity contribution < 1.29 is 18.7 Å². The molecule has 1 amide bonds. The number of thiophene rings is 1. The van der Waals surface area contributed by atoms with Gasteiger partial charge in [-0.3, -0.25) is 10.1 Å². The Morgan fingerprint density at radius 1 is 1.12 bits per heavy atom. The van der Waals surface area contributed by atoms with Crippen LogP contribution in [-0.4, -0.2) is 37.1 Å². The van der Waals surface area contributed by atoms with Gasteiger partial charge in [0.25, 0.3) is 0 Å². The number of nitrogens with one attached hydrogen (secondary N) is 1. The second kappa shape index (κ2) is 9.30. The fraction of sp³-hybridized carbons (Fsp3) is 0.320. The van der Waals surface area contributed by atoms with Crippen molar-refractivity contribution >= 4 is 17.2 Å². The number of ether oxygens (including phenoxy) is 2. The lowest BCUT2D eigenvalue weighted by Gasteiger charge is -2.28. The van der Waals surface area contributed by atoms with E-state index in [1.54, 1.807) is 23.5 Å². The Kier molecular flexibility index (Phi) is 6.10. The van der Waals surface area contributed by atoms with Gasteiger partial charge in [0.2, 0.25) is 5.91 Å². The van der Waals surface area contributed by atoms with Crippen LogP contribution in [0.2, 0.25) is 0 Å². The standard InChI is InChI=1S/C25H25FN2O3S/c26-19-8-5-17(6-9-19)25(23-4-2-14-32-23)27-16-24(29)28-11-1-3-20(28)18-7-10-21-22(15-18)31-13-12-30-21/h2,4-10,14-15,20,25,27H,1,3,11-13,16H2/t20-,25+/m0/s1. The first kappa shape index (κ1) is 21.0. The molecule has 7 heteroatoms. The van der Waals surface area contributed by atoms with Crippen molar-refractivity contribution in [2.24, 2.45) is 0 Å². The fourth-order valence-corrected chi connectivity index (χ4v) is 5.29. The van der Waals surface area contributed by atoms with E-state index >= 15 is 0 Å². The zero-order valence-corrected chi connectivity index (χ0v) is 18.4. The minimum absolute atomic E-state index is 0.0335. The van der Waals surface area contributed by atoms with Gasteiger partial charge in [-0.15, -0.1) is 11.3 Å². The molecule has 0 spiro atoms. The molecule has 166 valence electrons. The summed E-state index contributed by atoms with van der Waals surface area (Å²) in [7, 11) is 0. The molecule has 0 radical (unpaired) electrons. The van der Waals surface area contributed by atoms with Crippen LogP contribution in [0.3, 0.4) is 0 Å². The molecule has 2 aliphatic rings. The third kappa shape index (κ3) is 4.36. The highest BCUT2D eigenvalue weighted by molar-refractivity contribution is 7.10. The molecule has 1 fully saturated rings. The van der Waals surface area contributed by atoms with Crippen LogP contribution in [-0.2, 0) is 4.79 Å². The summed E-state index contributed by atoms with van der Waals surface area (Å²) in [5, 5.41) is 5.42. The number of hydrogen-bond donors (Lipinski definition) is 1. The number of rotatable bonds is 6. The number of benzene rings is 2.